The summed E-state index contributed by atoms with van der Waals surface area (Å²) < 4.78 is 33.5. The summed E-state index contributed by atoms with van der Waals surface area (Å²) in [5, 5.41) is 3.88. The zero-order chi connectivity index (χ0) is 19.9. The van der Waals surface area contributed by atoms with E-state index in [0.29, 0.717) is 28.5 Å². The van der Waals surface area contributed by atoms with Crippen molar-refractivity contribution in [3.63, 3.8) is 0 Å². The Morgan fingerprint density at radius 2 is 1.93 bits per heavy atom. The van der Waals surface area contributed by atoms with Crippen LogP contribution in [0.25, 0.3) is 17.5 Å². The number of nitrogens with zero attached hydrogens (tertiary/aromatic N) is 2. The third kappa shape index (κ3) is 4.73. The summed E-state index contributed by atoms with van der Waals surface area (Å²) in [7, 11) is 3.08. The summed E-state index contributed by atoms with van der Waals surface area (Å²) in [5.74, 6) is 0.646. The zero-order valence-electron chi connectivity index (χ0n) is 15.2. The average molecular weight is 384 g/mol. The number of methoxy groups -OCH3 is 2. The van der Waals surface area contributed by atoms with E-state index < -0.39 is 5.97 Å². The molecule has 0 saturated carbocycles. The minimum absolute atomic E-state index is 0.136. The maximum absolute atomic E-state index is 12.9. The zero-order valence-corrected chi connectivity index (χ0v) is 15.2. The molecule has 7 nitrogen and oxygen atoms in total. The Hall–Kier alpha value is -3.68. The molecule has 8 heteroatoms. The quantitative estimate of drug-likeness (QED) is 0.454. The van der Waals surface area contributed by atoms with Crippen LogP contribution in [0.15, 0.2) is 53.1 Å². The summed E-state index contributed by atoms with van der Waals surface area (Å²) in [5.41, 5.74) is 1.28. The molecule has 0 spiro atoms. The van der Waals surface area contributed by atoms with Crippen molar-refractivity contribution < 1.29 is 27.9 Å². The Morgan fingerprint density at radius 3 is 2.64 bits per heavy atom. The van der Waals surface area contributed by atoms with E-state index in [4.69, 9.17) is 18.7 Å². The van der Waals surface area contributed by atoms with E-state index in [-0.39, 0.29) is 18.3 Å². The second-order valence-corrected chi connectivity index (χ2v) is 5.57. The molecule has 1 aromatic heterocycles. The van der Waals surface area contributed by atoms with Crippen LogP contribution in [0.2, 0.25) is 0 Å². The number of halogens is 1. The number of aromatic nitrogens is 2. The molecule has 0 aliphatic carbocycles. The monoisotopic (exact) mass is 384 g/mol. The van der Waals surface area contributed by atoms with Crippen LogP contribution in [0.4, 0.5) is 4.39 Å². The van der Waals surface area contributed by atoms with Gasteiger partial charge < -0.3 is 18.7 Å². The molecule has 0 atom stereocenters. The van der Waals surface area contributed by atoms with Crippen molar-refractivity contribution in [1.29, 1.82) is 0 Å². The third-order valence-corrected chi connectivity index (χ3v) is 3.74. The van der Waals surface area contributed by atoms with Gasteiger partial charge >= 0.3 is 5.97 Å². The highest BCUT2D eigenvalue weighted by Gasteiger charge is 2.15. The lowest BCUT2D eigenvalue weighted by Crippen LogP contribution is -2.01. The molecule has 0 fully saturated rings. The van der Waals surface area contributed by atoms with Crippen LogP contribution in [-0.2, 0) is 16.1 Å². The van der Waals surface area contributed by atoms with Crippen LogP contribution in [0, 0.1) is 5.82 Å². The molecular weight excluding hydrogens is 367 g/mol. The Morgan fingerprint density at radius 1 is 1.14 bits per heavy atom. The van der Waals surface area contributed by atoms with E-state index in [1.807, 2.05) is 0 Å². The van der Waals surface area contributed by atoms with Gasteiger partial charge in [-0.25, -0.2) is 9.18 Å². The highest BCUT2D eigenvalue weighted by molar-refractivity contribution is 5.86. The largest absolute Gasteiger partial charge is 0.497 e. The Labute approximate surface area is 160 Å². The van der Waals surface area contributed by atoms with E-state index in [9.17, 15) is 9.18 Å². The molecule has 3 aromatic rings. The maximum atomic E-state index is 12.9. The number of esters is 1. The highest BCUT2D eigenvalue weighted by atomic mass is 19.1. The number of hydrogen-bond donors (Lipinski definition) is 0. The molecule has 1 heterocycles. The number of rotatable bonds is 7. The topological polar surface area (TPSA) is 83.7 Å². The predicted molar refractivity (Wildman–Crippen MR) is 98.1 cm³/mol. The molecule has 144 valence electrons. The van der Waals surface area contributed by atoms with E-state index >= 15 is 0 Å². The van der Waals surface area contributed by atoms with Gasteiger partial charge in [-0.2, -0.15) is 4.98 Å². The van der Waals surface area contributed by atoms with Crippen molar-refractivity contribution in [3.05, 3.63) is 65.8 Å². The minimum atomic E-state index is -0.592. The summed E-state index contributed by atoms with van der Waals surface area (Å²) in [6.07, 6.45) is 2.75. The molecule has 0 amide bonds. The van der Waals surface area contributed by atoms with Gasteiger partial charge in [0.25, 0.3) is 5.89 Å². The molecule has 28 heavy (non-hydrogen) atoms. The molecule has 0 radical (unpaired) electrons. The van der Waals surface area contributed by atoms with Crippen LogP contribution < -0.4 is 9.47 Å². The number of carbonyl (C=O) groups excluding carboxylic acids is 1. The average Bonchev–Trinajstić information content (AvgIpc) is 3.20. The van der Waals surface area contributed by atoms with Crippen molar-refractivity contribution in [2.45, 2.75) is 6.61 Å². The fourth-order valence-corrected chi connectivity index (χ4v) is 2.33. The normalized spacial score (nSPS) is 10.8. The maximum Gasteiger partial charge on any atom is 0.331 e. The Kier molecular flexibility index (Phi) is 6.01. The molecule has 3 rings (SSSR count). The van der Waals surface area contributed by atoms with E-state index in [2.05, 4.69) is 10.1 Å². The smallest absolute Gasteiger partial charge is 0.331 e. The first kappa shape index (κ1) is 19.1. The first-order valence-electron chi connectivity index (χ1n) is 8.24. The second kappa shape index (κ2) is 8.81. The molecule has 0 saturated heterocycles. The first-order valence-corrected chi connectivity index (χ1v) is 8.24. The fourth-order valence-electron chi connectivity index (χ4n) is 2.33. The standard InChI is InChI=1S/C20H17FN2O5/c1-25-15-8-9-16(17(11-15)26-2)20-22-18(28-23-20)12-27-19(24)10-5-13-3-6-14(21)7-4-13/h3-11H,12H2,1-2H3/b10-5+. The molecule has 0 unspecified atom stereocenters. The van der Waals surface area contributed by atoms with Crippen LogP contribution in [0.3, 0.4) is 0 Å². The van der Waals surface area contributed by atoms with Gasteiger partial charge in [-0.15, -0.1) is 0 Å². The van der Waals surface area contributed by atoms with Gasteiger partial charge in [0.1, 0.15) is 17.3 Å². The van der Waals surface area contributed by atoms with E-state index in [1.165, 1.54) is 31.4 Å². The van der Waals surface area contributed by atoms with Crippen LogP contribution >= 0.6 is 0 Å². The van der Waals surface area contributed by atoms with Crippen molar-refractivity contribution in [2.24, 2.45) is 0 Å². The summed E-state index contributed by atoms with van der Waals surface area (Å²) in [6, 6.07) is 10.9. The van der Waals surface area contributed by atoms with E-state index in [1.54, 1.807) is 37.4 Å². The summed E-state index contributed by atoms with van der Waals surface area (Å²) in [4.78, 5) is 16.0. The van der Waals surface area contributed by atoms with Gasteiger partial charge in [-0.1, -0.05) is 17.3 Å². The summed E-state index contributed by atoms with van der Waals surface area (Å²) in [6.45, 7) is -0.182. The van der Waals surface area contributed by atoms with Gasteiger partial charge in [-0.05, 0) is 35.9 Å². The molecule has 0 aliphatic rings. The number of ether oxygens (including phenoxy) is 3. The number of hydrogen-bond acceptors (Lipinski definition) is 7. The molecular formula is C20H17FN2O5. The summed E-state index contributed by atoms with van der Waals surface area (Å²) >= 11 is 0. The van der Waals surface area contributed by atoms with Crippen molar-refractivity contribution in [2.75, 3.05) is 14.2 Å². The molecule has 0 aliphatic heterocycles. The van der Waals surface area contributed by atoms with E-state index in [0.717, 1.165) is 0 Å². The van der Waals surface area contributed by atoms with Crippen LogP contribution in [-0.4, -0.2) is 30.3 Å². The fraction of sp³-hybridized carbons (Fsp3) is 0.150. The molecule has 0 N–H and O–H groups in total. The Bertz CT molecular complexity index is 983. The minimum Gasteiger partial charge on any atom is -0.497 e. The van der Waals surface area contributed by atoms with Crippen molar-refractivity contribution in [3.8, 4) is 22.9 Å². The lowest BCUT2D eigenvalue weighted by atomic mass is 10.2. The lowest BCUT2D eigenvalue weighted by Gasteiger charge is -2.07. The van der Waals surface area contributed by atoms with Crippen molar-refractivity contribution >= 4 is 12.0 Å². The van der Waals surface area contributed by atoms with Crippen molar-refractivity contribution in [1.82, 2.24) is 10.1 Å². The third-order valence-electron chi connectivity index (χ3n) is 3.74. The van der Waals surface area contributed by atoms with Gasteiger partial charge in [0.15, 0.2) is 6.61 Å². The van der Waals surface area contributed by atoms with Crippen LogP contribution in [0.5, 0.6) is 11.5 Å². The van der Waals surface area contributed by atoms with Gasteiger partial charge in [-0.3, -0.25) is 0 Å². The Balaban J connectivity index is 1.62. The number of carbonyl (C=O) groups is 1. The SMILES string of the molecule is COc1ccc(-c2noc(COC(=O)/C=C/c3ccc(F)cc3)n2)c(OC)c1. The van der Waals surface area contributed by atoms with Gasteiger partial charge in [0, 0.05) is 12.1 Å². The predicted octanol–water partition coefficient (Wildman–Crippen LogP) is 3.65. The number of benzene rings is 2. The lowest BCUT2D eigenvalue weighted by molar-refractivity contribution is -0.139. The van der Waals surface area contributed by atoms with Gasteiger partial charge in [0.05, 0.1) is 19.8 Å². The second-order valence-electron chi connectivity index (χ2n) is 5.57. The molecule has 0 bridgehead atoms. The first-order chi connectivity index (χ1) is 13.6. The van der Waals surface area contributed by atoms with Crippen LogP contribution in [0.1, 0.15) is 11.5 Å². The van der Waals surface area contributed by atoms with Gasteiger partial charge in [0.2, 0.25) is 5.82 Å². The molecule has 2 aromatic carbocycles. The highest BCUT2D eigenvalue weighted by Crippen LogP contribution is 2.31.